The molecule has 1 saturated carbocycles. The summed E-state index contributed by atoms with van der Waals surface area (Å²) in [7, 11) is 0. The summed E-state index contributed by atoms with van der Waals surface area (Å²) in [5, 5.41) is 0.893. The normalized spacial score (nSPS) is 20.5. The van der Waals surface area contributed by atoms with E-state index in [4.69, 9.17) is 31.3 Å². The van der Waals surface area contributed by atoms with Crippen LogP contribution < -0.4 is 10.5 Å². The highest BCUT2D eigenvalue weighted by Crippen LogP contribution is 2.48. The number of hydrogen-bond donors (Lipinski definition) is 1. The van der Waals surface area contributed by atoms with E-state index in [-0.39, 0.29) is 6.35 Å². The summed E-state index contributed by atoms with van der Waals surface area (Å²) in [6, 6.07) is 8.41. The smallest absolute Gasteiger partial charge is 0.226 e. The molecule has 1 aliphatic heterocycles. The molecule has 3 aromatic rings. The maximum Gasteiger partial charge on any atom is 0.226 e. The van der Waals surface area contributed by atoms with Gasteiger partial charge in [0, 0.05) is 24.3 Å². The molecule has 188 valence electrons. The van der Waals surface area contributed by atoms with Crippen LogP contribution in [0.25, 0.3) is 22.2 Å². The number of likely N-dealkylation sites (tertiary alicyclic amines) is 1. The first-order valence-electron chi connectivity index (χ1n) is 12.4. The van der Waals surface area contributed by atoms with Crippen LogP contribution in [0.4, 0.5) is 5.82 Å². The summed E-state index contributed by atoms with van der Waals surface area (Å²) in [4.78, 5) is 11.5. The fourth-order valence-corrected chi connectivity index (χ4v) is 7.13. The zero-order chi connectivity index (χ0) is 24.4. The fourth-order valence-electron chi connectivity index (χ4n) is 5.02. The van der Waals surface area contributed by atoms with Gasteiger partial charge >= 0.3 is 0 Å². The molecule has 3 heterocycles. The van der Waals surface area contributed by atoms with Crippen LogP contribution in [-0.4, -0.2) is 58.6 Å². The summed E-state index contributed by atoms with van der Waals surface area (Å²) in [6.45, 7) is 6.08. The molecule has 8 nitrogen and oxygen atoms in total. The zero-order valence-corrected chi connectivity index (χ0v) is 22.1. The van der Waals surface area contributed by atoms with Crippen molar-refractivity contribution in [3.8, 4) is 16.9 Å². The van der Waals surface area contributed by atoms with E-state index in [2.05, 4.69) is 31.7 Å². The lowest BCUT2D eigenvalue weighted by Gasteiger charge is -2.42. The van der Waals surface area contributed by atoms with Crippen LogP contribution in [0.5, 0.6) is 5.75 Å². The van der Waals surface area contributed by atoms with Gasteiger partial charge in [-0.05, 0) is 81.6 Å². The van der Waals surface area contributed by atoms with Gasteiger partial charge in [-0.25, -0.2) is 9.97 Å². The van der Waals surface area contributed by atoms with Crippen molar-refractivity contribution in [3.63, 3.8) is 0 Å². The van der Waals surface area contributed by atoms with Crippen LogP contribution in [0.1, 0.15) is 39.2 Å². The molecule has 35 heavy (non-hydrogen) atoms. The van der Waals surface area contributed by atoms with Crippen LogP contribution in [0, 0.1) is 5.92 Å². The average molecular weight is 516 g/mol. The number of anilines is 1. The van der Waals surface area contributed by atoms with E-state index in [0.717, 1.165) is 28.1 Å². The molecule has 0 unspecified atom stereocenters. The van der Waals surface area contributed by atoms with E-state index in [1.807, 2.05) is 32.0 Å². The molecule has 5 rings (SSSR count). The minimum Gasteiger partial charge on any atom is -0.484 e. The van der Waals surface area contributed by atoms with E-state index < -0.39 is 6.49 Å². The Hall–Kier alpha value is -2.03. The van der Waals surface area contributed by atoms with Gasteiger partial charge in [-0.1, -0.05) is 12.1 Å². The number of aromatic nitrogens is 3. The van der Waals surface area contributed by atoms with E-state index >= 15 is 0 Å². The summed E-state index contributed by atoms with van der Waals surface area (Å²) in [5.41, 5.74) is 9.28. The molecule has 2 N–H and O–H groups in total. The van der Waals surface area contributed by atoms with Crippen LogP contribution >= 0.6 is 6.49 Å². The largest absolute Gasteiger partial charge is 0.484 e. The molecule has 1 aromatic carbocycles. The van der Waals surface area contributed by atoms with Crippen LogP contribution in [0.15, 0.2) is 36.8 Å². The Morgan fingerprint density at radius 2 is 1.91 bits per heavy atom. The van der Waals surface area contributed by atoms with Crippen molar-refractivity contribution in [2.45, 2.75) is 39.2 Å². The predicted molar refractivity (Wildman–Crippen MR) is 143 cm³/mol. The second kappa shape index (κ2) is 10.5. The minimum atomic E-state index is -2.48. The highest BCUT2D eigenvalue weighted by atomic mass is 32.5. The lowest BCUT2D eigenvalue weighted by atomic mass is 9.79. The molecular weight excluding hydrogens is 481 g/mol. The van der Waals surface area contributed by atoms with Gasteiger partial charge < -0.3 is 29.0 Å². The van der Waals surface area contributed by atoms with Crippen molar-refractivity contribution in [1.29, 1.82) is 0 Å². The van der Waals surface area contributed by atoms with Gasteiger partial charge in [-0.15, -0.1) is 0 Å². The Balaban J connectivity index is 1.38. The van der Waals surface area contributed by atoms with Crippen molar-refractivity contribution in [3.05, 3.63) is 36.8 Å². The number of nitrogen functional groups attached to an aromatic ring is 1. The predicted octanol–water partition coefficient (Wildman–Crippen LogP) is 5.06. The Bertz CT molecular complexity index is 1220. The van der Waals surface area contributed by atoms with Crippen molar-refractivity contribution < 1.29 is 13.8 Å². The van der Waals surface area contributed by atoms with Gasteiger partial charge in [-0.3, -0.25) is 0 Å². The molecule has 0 spiro atoms. The van der Waals surface area contributed by atoms with Crippen molar-refractivity contribution in [2.24, 2.45) is 5.92 Å². The van der Waals surface area contributed by atoms with Crippen LogP contribution in [0.2, 0.25) is 0 Å². The van der Waals surface area contributed by atoms with Gasteiger partial charge in [-0.2, -0.15) is 0 Å². The quantitative estimate of drug-likeness (QED) is 0.355. The topological polar surface area (TPSA) is 87.7 Å². The number of nitrogens with zero attached hydrogens (tertiary/aromatic N) is 4. The Kier molecular flexibility index (Phi) is 7.42. The van der Waals surface area contributed by atoms with E-state index in [9.17, 15) is 0 Å². The maximum absolute atomic E-state index is 6.36. The number of nitrogens with two attached hydrogens (primary N) is 1. The minimum absolute atomic E-state index is 0.223. The molecule has 0 bridgehead atoms. The molecule has 1 saturated heterocycles. The lowest BCUT2D eigenvalue weighted by Crippen LogP contribution is -2.43. The second-order valence-electron chi connectivity index (χ2n) is 9.30. The molecule has 0 atom stereocenters. The second-order valence-corrected chi connectivity index (χ2v) is 13.0. The highest BCUT2D eigenvalue weighted by Gasteiger charge is 2.34. The number of benzene rings is 1. The SMILES string of the molecule is CCOP(=S)(COc1cccc(-c2cn(C3CC(CN4CCC4)C3)c3ncnc(N)c23)c1)OCC. The monoisotopic (exact) mass is 515 g/mol. The molecule has 2 aromatic heterocycles. The molecule has 10 heteroatoms. The summed E-state index contributed by atoms with van der Waals surface area (Å²) >= 11 is 5.61. The molecule has 1 aliphatic carbocycles. The Morgan fingerprint density at radius 3 is 2.60 bits per heavy atom. The number of rotatable bonds is 11. The number of ether oxygens (including phenoxy) is 1. The Morgan fingerprint density at radius 1 is 1.14 bits per heavy atom. The molecule has 2 fully saturated rings. The average Bonchev–Trinajstić information content (AvgIpc) is 3.17. The van der Waals surface area contributed by atoms with Gasteiger partial charge in [0.15, 0.2) is 6.35 Å². The third-order valence-corrected chi connectivity index (χ3v) is 9.59. The molecule has 0 amide bonds. The summed E-state index contributed by atoms with van der Waals surface area (Å²) in [6.07, 6.45) is 7.65. The Labute approximate surface area is 211 Å². The lowest BCUT2D eigenvalue weighted by molar-refractivity contribution is 0.0921. The van der Waals surface area contributed by atoms with Gasteiger partial charge in [0.05, 0.1) is 18.6 Å². The van der Waals surface area contributed by atoms with Gasteiger partial charge in [0.1, 0.15) is 23.5 Å². The first kappa shape index (κ1) is 24.7. The van der Waals surface area contributed by atoms with Gasteiger partial charge in [0.25, 0.3) is 0 Å². The first-order valence-corrected chi connectivity index (χ1v) is 15.3. The summed E-state index contributed by atoms with van der Waals surface area (Å²) < 4.78 is 19.8. The highest BCUT2D eigenvalue weighted by molar-refractivity contribution is 8.09. The number of fused-ring (bicyclic) bond motifs is 1. The fraction of sp³-hybridized carbons (Fsp3) is 0.520. The van der Waals surface area contributed by atoms with Crippen molar-refractivity contribution in [2.75, 3.05) is 44.9 Å². The third kappa shape index (κ3) is 5.25. The van der Waals surface area contributed by atoms with E-state index in [1.54, 1.807) is 6.33 Å². The molecular formula is C25H34N5O3PS. The van der Waals surface area contributed by atoms with Crippen LogP contribution in [0.3, 0.4) is 0 Å². The first-order chi connectivity index (χ1) is 17.0. The molecule has 0 radical (unpaired) electrons. The van der Waals surface area contributed by atoms with E-state index in [0.29, 0.717) is 30.8 Å². The molecule has 2 aliphatic rings. The van der Waals surface area contributed by atoms with E-state index in [1.165, 1.54) is 38.9 Å². The van der Waals surface area contributed by atoms with Crippen molar-refractivity contribution in [1.82, 2.24) is 19.4 Å². The van der Waals surface area contributed by atoms with Crippen LogP contribution in [-0.2, 0) is 20.9 Å². The maximum atomic E-state index is 6.36. The zero-order valence-electron chi connectivity index (χ0n) is 20.4. The van der Waals surface area contributed by atoms with Crippen molar-refractivity contribution >= 4 is 35.1 Å². The van der Waals surface area contributed by atoms with Gasteiger partial charge in [0.2, 0.25) is 6.49 Å². The summed E-state index contributed by atoms with van der Waals surface area (Å²) in [5.74, 6) is 1.97. The third-order valence-electron chi connectivity index (χ3n) is 6.89. The standard InChI is InChI=1S/C25H34N5O3PS/c1-3-32-34(35,33-4-2)17-31-21-8-5-7-19(13-21)22-15-30(25-23(22)24(26)27-16-28-25)20-11-18(12-20)14-29-9-6-10-29/h5,7-8,13,15-16,18,20H,3-4,6,9-12,14,17H2,1-2H3,(H2,26,27,28). The number of hydrogen-bond acceptors (Lipinski definition) is 8.